The Balaban J connectivity index is 4.58. The van der Waals surface area contributed by atoms with Gasteiger partial charge in [-0.1, -0.05) is 135 Å². The molecule has 0 aliphatic carbocycles. The largest absolute Gasteiger partial charge is 0.744 e. The summed E-state index contributed by atoms with van der Waals surface area (Å²) in [5.41, 5.74) is 1.87. The maximum Gasteiger partial charge on any atom is 0.379 e. The lowest BCUT2D eigenvalue weighted by atomic mass is 9.81. The standard InChI is InChI=1S/C58H111NO13S/c1-15-27-29-31-33-35-36-38-40-42-44-48-54(63-17-3,64-18-4)55(65-19-5,66-20-6)56(67-21-7,68-22-8)57(69-23-9,70-24-10)58(71-25-11,72-26-12)59-51(45-43-41-39-37-34-32-30-28-16-2)53-50(14)49(13)46-47-52(53)73(60,61)62/h46-47,51,59H,15-45,48H2,1-14H3,(H,60,61,62). The van der Waals surface area contributed by atoms with Gasteiger partial charge in [-0.3, -0.25) is 14.8 Å². The van der Waals surface area contributed by atoms with Gasteiger partial charge in [-0.2, -0.15) is 0 Å². The molecular weight excluding hydrogens is 951 g/mol. The number of unbranched alkanes of at least 4 members (excludes halogenated alkanes) is 18. The van der Waals surface area contributed by atoms with Gasteiger partial charge in [0.1, 0.15) is 16.2 Å². The van der Waals surface area contributed by atoms with Crippen molar-refractivity contribution in [3.8, 4) is 0 Å². The topological polar surface area (TPSA) is 166 Å². The van der Waals surface area contributed by atoms with Crippen molar-refractivity contribution < 1.29 is 65.7 Å². The van der Waals surface area contributed by atoms with Crippen molar-refractivity contribution in [3.05, 3.63) is 28.8 Å². The molecule has 15 heteroatoms. The summed E-state index contributed by atoms with van der Waals surface area (Å²) in [6.45, 7) is 27.8. The molecule has 0 saturated heterocycles. The summed E-state index contributed by atoms with van der Waals surface area (Å²) in [4.78, 5) is -0.300. The molecule has 0 radical (unpaired) electrons. The lowest BCUT2D eigenvalue weighted by Crippen LogP contribution is -3.07. The van der Waals surface area contributed by atoms with Crippen molar-refractivity contribution in [2.75, 3.05) is 66.1 Å². The van der Waals surface area contributed by atoms with E-state index in [1.165, 1.54) is 76.7 Å². The summed E-state index contributed by atoms with van der Waals surface area (Å²) in [7, 11) is -4.98. The Morgan fingerprint density at radius 2 is 0.781 bits per heavy atom. The second-order valence-electron chi connectivity index (χ2n) is 19.1. The van der Waals surface area contributed by atoms with Crippen molar-refractivity contribution in [2.45, 2.75) is 278 Å². The van der Waals surface area contributed by atoms with Gasteiger partial charge in [0.15, 0.2) is 0 Å². The van der Waals surface area contributed by atoms with Gasteiger partial charge in [0, 0.05) is 71.3 Å². The Morgan fingerprint density at radius 3 is 1.15 bits per heavy atom. The maximum atomic E-state index is 13.4. The first-order chi connectivity index (χ1) is 35.1. The fourth-order valence-electron chi connectivity index (χ4n) is 10.9. The third-order valence-electron chi connectivity index (χ3n) is 13.9. The predicted molar refractivity (Wildman–Crippen MR) is 291 cm³/mol. The zero-order valence-corrected chi connectivity index (χ0v) is 50.0. The Morgan fingerprint density at radius 1 is 0.438 bits per heavy atom. The second-order valence-corrected chi connectivity index (χ2v) is 20.5. The van der Waals surface area contributed by atoms with Crippen LogP contribution >= 0.6 is 0 Å². The average molecular weight is 1060 g/mol. The van der Waals surface area contributed by atoms with E-state index >= 15 is 0 Å². The number of hydrogen-bond donors (Lipinski definition) is 1. The first-order valence-electron chi connectivity index (χ1n) is 29.5. The van der Waals surface area contributed by atoms with E-state index in [0.29, 0.717) is 36.8 Å². The van der Waals surface area contributed by atoms with Crippen molar-refractivity contribution in [1.29, 1.82) is 0 Å². The number of benzene rings is 1. The van der Waals surface area contributed by atoms with Crippen LogP contribution in [0.5, 0.6) is 0 Å². The molecule has 0 saturated carbocycles. The molecule has 0 aliphatic heterocycles. The highest BCUT2D eigenvalue weighted by atomic mass is 32.2. The third kappa shape index (κ3) is 19.2. The molecule has 2 N–H and O–H groups in total. The Bertz CT molecular complexity index is 1620. The lowest BCUT2D eigenvalue weighted by Gasteiger charge is -2.62. The minimum Gasteiger partial charge on any atom is -0.744 e. The van der Waals surface area contributed by atoms with Gasteiger partial charge in [0.05, 0.1) is 18.1 Å². The van der Waals surface area contributed by atoms with Gasteiger partial charge in [0.25, 0.3) is 11.6 Å². The molecule has 432 valence electrons. The van der Waals surface area contributed by atoms with E-state index in [-0.39, 0.29) is 71.0 Å². The molecule has 0 aliphatic rings. The summed E-state index contributed by atoms with van der Waals surface area (Å²) in [6, 6.07) is 2.34. The smallest absolute Gasteiger partial charge is 0.379 e. The number of quaternary nitrogens is 1. The Kier molecular flexibility index (Phi) is 36.6. The molecule has 0 spiro atoms. The van der Waals surface area contributed by atoms with E-state index < -0.39 is 45.2 Å². The van der Waals surface area contributed by atoms with Gasteiger partial charge < -0.3 is 42.4 Å². The van der Waals surface area contributed by atoms with Crippen LogP contribution in [0.4, 0.5) is 0 Å². The molecule has 1 unspecified atom stereocenters. The van der Waals surface area contributed by atoms with Crippen molar-refractivity contribution >= 4 is 10.1 Å². The lowest BCUT2D eigenvalue weighted by molar-refractivity contribution is -0.878. The number of ether oxygens (including phenoxy) is 10. The first-order valence-corrected chi connectivity index (χ1v) is 30.9. The van der Waals surface area contributed by atoms with E-state index in [1.807, 2.05) is 88.4 Å². The monoisotopic (exact) mass is 1060 g/mol. The van der Waals surface area contributed by atoms with Crippen LogP contribution in [0.2, 0.25) is 0 Å². The maximum absolute atomic E-state index is 13.4. The Hall–Kier alpha value is -1.31. The highest BCUT2D eigenvalue weighted by molar-refractivity contribution is 7.85. The molecule has 1 rings (SSSR count). The molecule has 1 atom stereocenters. The van der Waals surface area contributed by atoms with E-state index in [2.05, 4.69) is 13.8 Å². The molecule has 73 heavy (non-hydrogen) atoms. The highest BCUT2D eigenvalue weighted by Gasteiger charge is 2.86. The van der Waals surface area contributed by atoms with E-state index in [1.54, 1.807) is 6.07 Å². The van der Waals surface area contributed by atoms with Gasteiger partial charge in [-0.05, 0) is 113 Å². The summed E-state index contributed by atoms with van der Waals surface area (Å²) < 4.78 is 112. The van der Waals surface area contributed by atoms with Gasteiger partial charge in [-0.15, -0.1) is 0 Å². The SMILES string of the molecule is CCCCCCCCCCCCCC(OCC)(OCC)C(OCC)(OCC)C(OCC)(OCC)C(OCC)(OCC)C([NH2+]C(CCCCCCCCCCC)c1c(S(=O)(=O)[O-])ccc(C)c1C)(OCC)OCC. The van der Waals surface area contributed by atoms with Gasteiger partial charge in [0.2, 0.25) is 5.79 Å². The third-order valence-corrected chi connectivity index (χ3v) is 14.8. The molecule has 1 aromatic rings. The molecule has 1 aromatic carbocycles. The summed E-state index contributed by atoms with van der Waals surface area (Å²) >= 11 is 0. The minimum atomic E-state index is -4.98. The number of nitrogens with two attached hydrogens (primary N) is 1. The van der Waals surface area contributed by atoms with E-state index in [9.17, 15) is 13.0 Å². The van der Waals surface area contributed by atoms with Crippen LogP contribution in [0.1, 0.15) is 247 Å². The van der Waals surface area contributed by atoms with E-state index in [0.717, 1.165) is 50.5 Å². The number of aryl methyl sites for hydroxylation is 1. The van der Waals surface area contributed by atoms with Crippen molar-refractivity contribution in [2.24, 2.45) is 0 Å². The zero-order chi connectivity index (χ0) is 54.7. The van der Waals surface area contributed by atoms with Crippen LogP contribution in [-0.2, 0) is 57.5 Å². The second kappa shape index (κ2) is 38.3. The van der Waals surface area contributed by atoms with Crippen LogP contribution < -0.4 is 5.32 Å². The van der Waals surface area contributed by atoms with Crippen LogP contribution in [0, 0.1) is 13.8 Å². The number of hydrogen-bond acceptors (Lipinski definition) is 13. The average Bonchev–Trinajstić information content (AvgIpc) is 3.35. The summed E-state index contributed by atoms with van der Waals surface area (Å²) in [5.74, 6) is -10.6. The predicted octanol–water partition coefficient (Wildman–Crippen LogP) is 13.2. The van der Waals surface area contributed by atoms with Crippen molar-refractivity contribution in [3.63, 3.8) is 0 Å². The fourth-order valence-corrected chi connectivity index (χ4v) is 11.7. The summed E-state index contributed by atoms with van der Waals surface area (Å²) in [5, 5.41) is 1.84. The fraction of sp³-hybridized carbons (Fsp3) is 0.897. The van der Waals surface area contributed by atoms with Crippen LogP contribution in [0.15, 0.2) is 17.0 Å². The highest BCUT2D eigenvalue weighted by Crippen LogP contribution is 2.56. The van der Waals surface area contributed by atoms with Gasteiger partial charge in [-0.25, -0.2) is 8.42 Å². The molecule has 0 fully saturated rings. The minimum absolute atomic E-state index is 0.0213. The quantitative estimate of drug-likeness (QED) is 0.0372. The molecule has 0 bridgehead atoms. The summed E-state index contributed by atoms with van der Waals surface area (Å²) in [6.07, 6.45) is 23.1. The van der Waals surface area contributed by atoms with Crippen LogP contribution in [0.3, 0.4) is 0 Å². The molecule has 0 heterocycles. The van der Waals surface area contributed by atoms with E-state index in [4.69, 9.17) is 47.4 Å². The Labute approximate surface area is 447 Å². The van der Waals surface area contributed by atoms with Gasteiger partial charge >= 0.3 is 11.7 Å². The molecular formula is C58H111NO13S. The van der Waals surface area contributed by atoms with Crippen LogP contribution in [-0.4, -0.2) is 108 Å². The molecule has 0 aromatic heterocycles. The molecule has 0 amide bonds. The van der Waals surface area contributed by atoms with Crippen LogP contribution in [0.25, 0.3) is 0 Å². The number of rotatable bonds is 50. The molecule has 14 nitrogen and oxygen atoms in total. The zero-order valence-electron chi connectivity index (χ0n) is 49.2. The first kappa shape index (κ1) is 69.7. The van der Waals surface area contributed by atoms with Crippen molar-refractivity contribution in [1.82, 2.24) is 0 Å². The normalized spacial score (nSPS) is 13.6.